The van der Waals surface area contributed by atoms with Crippen molar-refractivity contribution in [3.05, 3.63) is 17.5 Å². The lowest BCUT2D eigenvalue weighted by atomic mass is 10.3. The van der Waals surface area contributed by atoms with Gasteiger partial charge in [0.1, 0.15) is 0 Å². The van der Waals surface area contributed by atoms with Crippen LogP contribution in [0.1, 0.15) is 12.8 Å². The van der Waals surface area contributed by atoms with Crippen molar-refractivity contribution < 1.29 is 5.11 Å². The molecule has 0 fully saturated rings. The molecule has 1 rings (SSSR count). The Morgan fingerprint density at radius 1 is 1.50 bits per heavy atom. The molecule has 0 saturated carbocycles. The average molecular weight is 185 g/mol. The van der Waals surface area contributed by atoms with Crippen LogP contribution in [0.3, 0.4) is 0 Å². The van der Waals surface area contributed by atoms with E-state index in [1.165, 1.54) is 5.00 Å². The fourth-order valence-corrected chi connectivity index (χ4v) is 1.78. The average Bonchev–Trinajstić information content (AvgIpc) is 2.56. The lowest BCUT2D eigenvalue weighted by Crippen LogP contribution is -2.17. The van der Waals surface area contributed by atoms with Crippen molar-refractivity contribution in [1.29, 1.82) is 0 Å². The van der Waals surface area contributed by atoms with Gasteiger partial charge in [-0.3, -0.25) is 0 Å². The molecule has 0 unspecified atom stereocenters. The van der Waals surface area contributed by atoms with Gasteiger partial charge < -0.3 is 10.0 Å². The third kappa shape index (κ3) is 2.83. The van der Waals surface area contributed by atoms with Crippen molar-refractivity contribution in [3.63, 3.8) is 0 Å². The number of nitrogens with zero attached hydrogens (tertiary/aromatic N) is 1. The van der Waals surface area contributed by atoms with Crippen LogP contribution in [0.2, 0.25) is 0 Å². The zero-order valence-electron chi connectivity index (χ0n) is 7.36. The molecule has 0 spiro atoms. The quantitative estimate of drug-likeness (QED) is 0.709. The summed E-state index contributed by atoms with van der Waals surface area (Å²) < 4.78 is 0. The molecular weight excluding hydrogens is 170 g/mol. The standard InChI is InChI=1S/C9H15NOS/c1-10(6-2-3-7-11)9-5-4-8-12-9/h4-5,8,11H,2-3,6-7H2,1H3. The summed E-state index contributed by atoms with van der Waals surface area (Å²) in [7, 11) is 2.09. The Balaban J connectivity index is 2.25. The number of unbranched alkanes of at least 4 members (excludes halogenated alkanes) is 1. The Bertz CT molecular complexity index is 198. The third-order valence-corrected chi connectivity index (χ3v) is 2.77. The van der Waals surface area contributed by atoms with Gasteiger partial charge >= 0.3 is 0 Å². The van der Waals surface area contributed by atoms with Crippen LogP contribution in [0.4, 0.5) is 5.00 Å². The molecule has 1 heterocycles. The zero-order chi connectivity index (χ0) is 8.81. The molecule has 0 aliphatic heterocycles. The minimum atomic E-state index is 0.304. The highest BCUT2D eigenvalue weighted by Crippen LogP contribution is 2.19. The zero-order valence-corrected chi connectivity index (χ0v) is 8.18. The van der Waals surface area contributed by atoms with E-state index in [0.717, 1.165) is 19.4 Å². The smallest absolute Gasteiger partial charge is 0.0905 e. The van der Waals surface area contributed by atoms with E-state index in [1.807, 2.05) is 0 Å². The first-order chi connectivity index (χ1) is 5.84. The van der Waals surface area contributed by atoms with Gasteiger partial charge in [-0.15, -0.1) is 11.3 Å². The molecule has 0 aromatic carbocycles. The number of anilines is 1. The van der Waals surface area contributed by atoms with E-state index in [4.69, 9.17) is 5.11 Å². The molecule has 0 aliphatic rings. The highest BCUT2D eigenvalue weighted by Gasteiger charge is 1.99. The first kappa shape index (κ1) is 9.55. The van der Waals surface area contributed by atoms with Gasteiger partial charge in [0.2, 0.25) is 0 Å². The minimum Gasteiger partial charge on any atom is -0.396 e. The van der Waals surface area contributed by atoms with Crippen LogP contribution in [0, 0.1) is 0 Å². The summed E-state index contributed by atoms with van der Waals surface area (Å²) in [6.45, 7) is 1.33. The number of aliphatic hydroxyl groups is 1. The van der Waals surface area contributed by atoms with Gasteiger partial charge in [0, 0.05) is 20.2 Å². The number of thiophene rings is 1. The Morgan fingerprint density at radius 2 is 2.33 bits per heavy atom. The number of rotatable bonds is 5. The predicted octanol–water partition coefficient (Wildman–Crippen LogP) is 1.96. The summed E-state index contributed by atoms with van der Waals surface area (Å²) >= 11 is 1.75. The second-order valence-electron chi connectivity index (χ2n) is 2.80. The van der Waals surface area contributed by atoms with Crippen molar-refractivity contribution in [3.8, 4) is 0 Å². The van der Waals surface area contributed by atoms with E-state index in [0.29, 0.717) is 6.61 Å². The molecule has 0 amide bonds. The van der Waals surface area contributed by atoms with Gasteiger partial charge in [0.25, 0.3) is 0 Å². The fraction of sp³-hybridized carbons (Fsp3) is 0.556. The van der Waals surface area contributed by atoms with E-state index in [9.17, 15) is 0 Å². The summed E-state index contributed by atoms with van der Waals surface area (Å²) in [4.78, 5) is 2.22. The predicted molar refractivity (Wildman–Crippen MR) is 53.9 cm³/mol. The van der Waals surface area contributed by atoms with E-state index in [1.54, 1.807) is 11.3 Å². The van der Waals surface area contributed by atoms with E-state index >= 15 is 0 Å². The van der Waals surface area contributed by atoms with Crippen LogP contribution >= 0.6 is 11.3 Å². The summed E-state index contributed by atoms with van der Waals surface area (Å²) in [6, 6.07) is 4.17. The van der Waals surface area contributed by atoms with Gasteiger partial charge in [0.05, 0.1) is 5.00 Å². The lowest BCUT2D eigenvalue weighted by molar-refractivity contribution is 0.285. The van der Waals surface area contributed by atoms with Gasteiger partial charge in [-0.05, 0) is 30.4 Å². The monoisotopic (exact) mass is 185 g/mol. The fourth-order valence-electron chi connectivity index (χ4n) is 1.06. The molecule has 3 heteroatoms. The number of hydrogen-bond donors (Lipinski definition) is 1. The SMILES string of the molecule is CN(CCCCO)c1cccs1. The maximum Gasteiger partial charge on any atom is 0.0905 e. The minimum absolute atomic E-state index is 0.304. The topological polar surface area (TPSA) is 23.5 Å². The maximum atomic E-state index is 8.59. The summed E-state index contributed by atoms with van der Waals surface area (Å²) in [5.41, 5.74) is 0. The molecule has 0 radical (unpaired) electrons. The van der Waals surface area contributed by atoms with Crippen molar-refractivity contribution >= 4 is 16.3 Å². The second kappa shape index (κ2) is 5.17. The summed E-state index contributed by atoms with van der Waals surface area (Å²) in [6.07, 6.45) is 1.96. The van der Waals surface area contributed by atoms with Crippen molar-refractivity contribution in [1.82, 2.24) is 0 Å². The molecule has 1 aromatic heterocycles. The van der Waals surface area contributed by atoms with Gasteiger partial charge in [-0.2, -0.15) is 0 Å². The summed E-state index contributed by atoms with van der Waals surface area (Å²) in [5.74, 6) is 0. The van der Waals surface area contributed by atoms with Gasteiger partial charge in [0.15, 0.2) is 0 Å². The largest absolute Gasteiger partial charge is 0.396 e. The van der Waals surface area contributed by atoms with Crippen LogP contribution in [-0.4, -0.2) is 25.3 Å². The van der Waals surface area contributed by atoms with E-state index in [2.05, 4.69) is 29.5 Å². The highest BCUT2D eigenvalue weighted by molar-refractivity contribution is 7.14. The molecule has 1 N–H and O–H groups in total. The Morgan fingerprint density at radius 3 is 2.92 bits per heavy atom. The van der Waals surface area contributed by atoms with Crippen LogP contribution < -0.4 is 4.90 Å². The Kier molecular flexibility index (Phi) is 4.11. The van der Waals surface area contributed by atoms with Crippen LogP contribution in [0.5, 0.6) is 0 Å². The van der Waals surface area contributed by atoms with Crippen molar-refractivity contribution in [2.75, 3.05) is 25.1 Å². The maximum absolute atomic E-state index is 8.59. The molecule has 2 nitrogen and oxygen atoms in total. The van der Waals surface area contributed by atoms with Crippen LogP contribution in [0.15, 0.2) is 17.5 Å². The Hall–Kier alpha value is -0.540. The lowest BCUT2D eigenvalue weighted by Gasteiger charge is -2.15. The first-order valence-electron chi connectivity index (χ1n) is 4.20. The van der Waals surface area contributed by atoms with Gasteiger partial charge in [-0.25, -0.2) is 0 Å². The van der Waals surface area contributed by atoms with Gasteiger partial charge in [-0.1, -0.05) is 0 Å². The molecule has 0 saturated heterocycles. The molecular formula is C9H15NOS. The molecule has 0 atom stereocenters. The van der Waals surface area contributed by atoms with Crippen molar-refractivity contribution in [2.45, 2.75) is 12.8 Å². The number of aliphatic hydroxyl groups excluding tert-OH is 1. The molecule has 0 bridgehead atoms. The van der Waals surface area contributed by atoms with E-state index < -0.39 is 0 Å². The Labute approximate surface area is 77.5 Å². The number of hydrogen-bond acceptors (Lipinski definition) is 3. The summed E-state index contributed by atoms with van der Waals surface area (Å²) in [5, 5.41) is 12.0. The molecule has 0 aliphatic carbocycles. The normalized spacial score (nSPS) is 10.2. The molecule has 12 heavy (non-hydrogen) atoms. The second-order valence-corrected chi connectivity index (χ2v) is 3.73. The van der Waals surface area contributed by atoms with Crippen LogP contribution in [0.25, 0.3) is 0 Å². The molecule has 1 aromatic rings. The van der Waals surface area contributed by atoms with Crippen LogP contribution in [-0.2, 0) is 0 Å². The highest BCUT2D eigenvalue weighted by atomic mass is 32.1. The van der Waals surface area contributed by atoms with Crippen molar-refractivity contribution in [2.24, 2.45) is 0 Å². The third-order valence-electron chi connectivity index (χ3n) is 1.78. The molecule has 68 valence electrons. The first-order valence-corrected chi connectivity index (χ1v) is 5.08. The van der Waals surface area contributed by atoms with E-state index in [-0.39, 0.29) is 0 Å².